The maximum absolute atomic E-state index is 12.2. The highest BCUT2D eigenvalue weighted by Crippen LogP contribution is 2.28. The molecule has 0 spiro atoms. The van der Waals surface area contributed by atoms with Gasteiger partial charge in [0.2, 0.25) is 5.95 Å². The molecule has 164 valence electrons. The van der Waals surface area contributed by atoms with Gasteiger partial charge in [-0.2, -0.15) is 4.98 Å². The number of ether oxygens (including phenoxy) is 1. The smallest absolute Gasteiger partial charge is 0.222 e. The predicted molar refractivity (Wildman–Crippen MR) is 127 cm³/mol. The molecule has 0 radical (unpaired) electrons. The summed E-state index contributed by atoms with van der Waals surface area (Å²) < 4.78 is 20.0. The quantitative estimate of drug-likeness (QED) is 0.400. The minimum Gasteiger partial charge on any atom is -0.383 e. The standard InChI is InChI=1S/C22H26ClN5O2S/c1-15-18(4-3-5-19(15)23)20-14-21(28-22(24)27-20)25-11-10-16-6-8-17(9-7-16)31(29)26-12-13-30-2/h3-9,14,26H,10-13H2,1-2H3,(H3,24,25,27,28). The molecule has 0 aliphatic rings. The van der Waals surface area contributed by atoms with E-state index in [-0.39, 0.29) is 5.95 Å². The summed E-state index contributed by atoms with van der Waals surface area (Å²) in [6.07, 6.45) is 0.777. The number of hydrogen-bond donors (Lipinski definition) is 3. The predicted octanol–water partition coefficient (Wildman–Crippen LogP) is 3.60. The normalized spacial score (nSPS) is 12.0. The summed E-state index contributed by atoms with van der Waals surface area (Å²) in [7, 11) is 0.372. The second kappa shape index (κ2) is 11.2. The van der Waals surface area contributed by atoms with Crippen LogP contribution < -0.4 is 15.8 Å². The minimum atomic E-state index is -1.24. The summed E-state index contributed by atoms with van der Waals surface area (Å²) in [6, 6.07) is 15.3. The Labute approximate surface area is 190 Å². The molecule has 0 bridgehead atoms. The van der Waals surface area contributed by atoms with Gasteiger partial charge < -0.3 is 15.8 Å². The van der Waals surface area contributed by atoms with Crippen LogP contribution >= 0.6 is 11.6 Å². The molecule has 0 saturated heterocycles. The number of rotatable bonds is 10. The van der Waals surface area contributed by atoms with Crippen LogP contribution in [-0.4, -0.2) is 41.0 Å². The van der Waals surface area contributed by atoms with Crippen molar-refractivity contribution in [1.82, 2.24) is 14.7 Å². The van der Waals surface area contributed by atoms with Crippen molar-refractivity contribution in [2.45, 2.75) is 18.2 Å². The maximum Gasteiger partial charge on any atom is 0.222 e. The summed E-state index contributed by atoms with van der Waals surface area (Å²) in [4.78, 5) is 9.36. The van der Waals surface area contributed by atoms with E-state index in [0.29, 0.717) is 30.5 Å². The summed E-state index contributed by atoms with van der Waals surface area (Å²) >= 11 is 6.24. The summed E-state index contributed by atoms with van der Waals surface area (Å²) in [5.41, 5.74) is 9.64. The number of hydrogen-bond acceptors (Lipinski definition) is 6. The van der Waals surface area contributed by atoms with Crippen LogP contribution in [0, 0.1) is 6.92 Å². The van der Waals surface area contributed by atoms with Gasteiger partial charge in [0, 0.05) is 36.9 Å². The molecule has 0 amide bonds. The SMILES string of the molecule is COCCNS(=O)c1ccc(CCNc2cc(-c3cccc(Cl)c3C)nc(N)n2)cc1. The van der Waals surface area contributed by atoms with Crippen LogP contribution in [0.2, 0.25) is 5.02 Å². The van der Waals surface area contributed by atoms with Crippen molar-refractivity contribution in [2.75, 3.05) is 37.9 Å². The van der Waals surface area contributed by atoms with Crippen molar-refractivity contribution in [3.05, 3.63) is 64.7 Å². The van der Waals surface area contributed by atoms with E-state index in [1.807, 2.05) is 55.5 Å². The Morgan fingerprint density at radius 2 is 1.90 bits per heavy atom. The highest BCUT2D eigenvalue weighted by atomic mass is 35.5. The molecule has 9 heteroatoms. The molecular formula is C22H26ClN5O2S. The molecule has 31 heavy (non-hydrogen) atoms. The molecule has 1 aromatic heterocycles. The molecule has 2 aromatic carbocycles. The van der Waals surface area contributed by atoms with E-state index in [2.05, 4.69) is 20.0 Å². The lowest BCUT2D eigenvalue weighted by Gasteiger charge is -2.11. The monoisotopic (exact) mass is 459 g/mol. The lowest BCUT2D eigenvalue weighted by atomic mass is 10.1. The van der Waals surface area contributed by atoms with Crippen molar-refractivity contribution >= 4 is 34.4 Å². The van der Waals surface area contributed by atoms with Gasteiger partial charge >= 0.3 is 0 Å². The number of nitrogens with one attached hydrogen (secondary N) is 2. The van der Waals surface area contributed by atoms with Gasteiger partial charge in [0.1, 0.15) is 16.8 Å². The van der Waals surface area contributed by atoms with Gasteiger partial charge in [-0.1, -0.05) is 35.9 Å². The second-order valence-corrected chi connectivity index (χ2v) is 8.59. The lowest BCUT2D eigenvalue weighted by Crippen LogP contribution is -2.21. The van der Waals surface area contributed by atoms with Crippen LogP contribution in [0.25, 0.3) is 11.3 Å². The third kappa shape index (κ3) is 6.48. The fraction of sp³-hybridized carbons (Fsp3) is 0.273. The molecular weight excluding hydrogens is 434 g/mol. The Morgan fingerprint density at radius 3 is 2.65 bits per heavy atom. The Morgan fingerprint density at radius 1 is 1.13 bits per heavy atom. The number of anilines is 2. The Balaban J connectivity index is 1.60. The third-order valence-corrected chi connectivity index (χ3v) is 6.26. The minimum absolute atomic E-state index is 0.201. The van der Waals surface area contributed by atoms with Gasteiger partial charge in [-0.05, 0) is 42.7 Å². The first-order valence-corrected chi connectivity index (χ1v) is 11.4. The largest absolute Gasteiger partial charge is 0.383 e. The Hall–Kier alpha value is -2.52. The van der Waals surface area contributed by atoms with Gasteiger partial charge in [-0.15, -0.1) is 0 Å². The van der Waals surface area contributed by atoms with Gasteiger partial charge in [0.15, 0.2) is 0 Å². The van der Waals surface area contributed by atoms with Crippen molar-refractivity contribution in [2.24, 2.45) is 0 Å². The molecule has 0 aliphatic carbocycles. The first-order valence-electron chi connectivity index (χ1n) is 9.85. The number of nitrogen functional groups attached to an aromatic ring is 1. The number of aromatic nitrogens is 2. The molecule has 0 fully saturated rings. The van der Waals surface area contributed by atoms with E-state index >= 15 is 0 Å². The molecule has 1 heterocycles. The molecule has 0 saturated carbocycles. The van der Waals surface area contributed by atoms with Crippen LogP contribution in [0.15, 0.2) is 53.4 Å². The van der Waals surface area contributed by atoms with Gasteiger partial charge in [0.25, 0.3) is 0 Å². The molecule has 0 aliphatic heterocycles. The molecule has 1 atom stereocenters. The number of benzene rings is 2. The van der Waals surface area contributed by atoms with Crippen LogP contribution in [0.4, 0.5) is 11.8 Å². The van der Waals surface area contributed by atoms with Crippen LogP contribution in [0.3, 0.4) is 0 Å². The second-order valence-electron chi connectivity index (χ2n) is 6.89. The zero-order valence-electron chi connectivity index (χ0n) is 17.5. The average Bonchev–Trinajstić information content (AvgIpc) is 2.76. The molecule has 7 nitrogen and oxygen atoms in total. The first-order chi connectivity index (χ1) is 15.0. The van der Waals surface area contributed by atoms with Crippen LogP contribution in [0.1, 0.15) is 11.1 Å². The van der Waals surface area contributed by atoms with Crippen molar-refractivity contribution in [3.63, 3.8) is 0 Å². The Bertz CT molecular complexity index is 1050. The zero-order chi connectivity index (χ0) is 22.2. The third-order valence-electron chi connectivity index (χ3n) is 4.68. The topological polar surface area (TPSA) is 102 Å². The van der Waals surface area contributed by atoms with Crippen LogP contribution in [0.5, 0.6) is 0 Å². The van der Waals surface area contributed by atoms with E-state index in [0.717, 1.165) is 33.7 Å². The lowest BCUT2D eigenvalue weighted by molar-refractivity contribution is 0.205. The van der Waals surface area contributed by atoms with Gasteiger partial charge in [-0.3, -0.25) is 0 Å². The highest BCUT2D eigenvalue weighted by Gasteiger charge is 2.09. The van der Waals surface area contributed by atoms with Gasteiger partial charge in [-0.25, -0.2) is 13.9 Å². The van der Waals surface area contributed by atoms with E-state index in [1.54, 1.807) is 7.11 Å². The zero-order valence-corrected chi connectivity index (χ0v) is 19.1. The number of nitrogens with zero attached hydrogens (tertiary/aromatic N) is 2. The van der Waals surface area contributed by atoms with Gasteiger partial charge in [0.05, 0.1) is 17.2 Å². The number of halogens is 1. The number of nitrogens with two attached hydrogens (primary N) is 1. The summed E-state index contributed by atoms with van der Waals surface area (Å²) in [5.74, 6) is 0.856. The van der Waals surface area contributed by atoms with E-state index in [4.69, 9.17) is 22.1 Å². The maximum atomic E-state index is 12.2. The van der Waals surface area contributed by atoms with Crippen LogP contribution in [-0.2, 0) is 22.1 Å². The van der Waals surface area contributed by atoms with Crippen molar-refractivity contribution in [3.8, 4) is 11.3 Å². The highest BCUT2D eigenvalue weighted by molar-refractivity contribution is 7.83. The molecule has 3 aromatic rings. The van der Waals surface area contributed by atoms with E-state index in [9.17, 15) is 4.21 Å². The Kier molecular flexibility index (Phi) is 8.36. The number of methoxy groups -OCH3 is 1. The fourth-order valence-corrected chi connectivity index (χ4v) is 4.01. The van der Waals surface area contributed by atoms with E-state index in [1.165, 1.54) is 0 Å². The molecule has 3 rings (SSSR count). The summed E-state index contributed by atoms with van der Waals surface area (Å²) in [6.45, 7) is 3.67. The fourth-order valence-electron chi connectivity index (χ4n) is 3.01. The first kappa shape index (κ1) is 23.1. The molecule has 4 N–H and O–H groups in total. The average molecular weight is 460 g/mol. The van der Waals surface area contributed by atoms with E-state index < -0.39 is 11.0 Å². The molecule has 1 unspecified atom stereocenters. The summed E-state index contributed by atoms with van der Waals surface area (Å²) in [5, 5.41) is 3.98. The van der Waals surface area contributed by atoms with Crippen molar-refractivity contribution in [1.29, 1.82) is 0 Å². The van der Waals surface area contributed by atoms with Crippen molar-refractivity contribution < 1.29 is 8.95 Å².